The molecule has 0 radical (unpaired) electrons. The summed E-state index contributed by atoms with van der Waals surface area (Å²) in [6, 6.07) is 21.2. The maximum atomic E-state index is 11.3. The van der Waals surface area contributed by atoms with Gasteiger partial charge in [0.1, 0.15) is 13.2 Å². The van der Waals surface area contributed by atoms with Crippen LogP contribution >= 0.6 is 0 Å². The topological polar surface area (TPSA) is 177 Å². The van der Waals surface area contributed by atoms with E-state index in [-0.39, 0.29) is 85.6 Å². The Hall–Kier alpha value is -7.08. The van der Waals surface area contributed by atoms with Crippen molar-refractivity contribution in [3.63, 3.8) is 0 Å². The summed E-state index contributed by atoms with van der Waals surface area (Å²) in [6.07, 6.45) is 3.29. The molecule has 16 bridgehead atoms. The highest BCUT2D eigenvalue weighted by molar-refractivity contribution is 5.60. The van der Waals surface area contributed by atoms with E-state index in [1.54, 1.807) is 36.4 Å². The smallest absolute Gasteiger partial charge is 0.161 e. The monoisotopic (exact) mass is 838 g/mol. The fourth-order valence-electron chi connectivity index (χ4n) is 8.97. The number of hydrogen-bond donors (Lipinski definition) is 6. The molecular formula is C50H46O12. The average Bonchev–Trinajstić information content (AvgIpc) is 3.32. The highest BCUT2D eigenvalue weighted by atomic mass is 16.5. The molecule has 318 valence electrons. The van der Waals surface area contributed by atoms with Crippen molar-refractivity contribution in [1.29, 1.82) is 0 Å². The number of hydrogen-bond acceptors (Lipinski definition) is 12. The van der Waals surface area contributed by atoms with Gasteiger partial charge < -0.3 is 59.1 Å². The second-order valence-electron chi connectivity index (χ2n) is 16.4. The molecule has 0 atom stereocenters. The van der Waals surface area contributed by atoms with E-state index in [0.717, 1.165) is 66.8 Å². The van der Waals surface area contributed by atoms with Gasteiger partial charge in [0.15, 0.2) is 69.0 Å². The summed E-state index contributed by atoms with van der Waals surface area (Å²) in [5.41, 5.74) is 10.2. The van der Waals surface area contributed by atoms with E-state index < -0.39 is 0 Å². The number of benzene rings is 6. The SMILES string of the molecule is Oc1cc2c3cc1OCCCOc1cc4c(cc1O)Cc1cc5c(O)cc1Cc1cc(c(O)cc1C4)OCCOc1cc(c(cc1O)Cc1cc(c(O)cc1C3)OCCCO5)C2. The number of aromatic hydroxyl groups is 6. The molecular weight excluding hydrogens is 793 g/mol. The molecule has 10 aliphatic rings. The molecule has 6 aromatic rings. The van der Waals surface area contributed by atoms with Crippen LogP contribution < -0.4 is 28.4 Å². The summed E-state index contributed by atoms with van der Waals surface area (Å²) in [6.45, 7) is 0.938. The third-order valence-corrected chi connectivity index (χ3v) is 12.2. The lowest BCUT2D eigenvalue weighted by molar-refractivity contribution is 0.207. The van der Waals surface area contributed by atoms with Crippen molar-refractivity contribution < 1.29 is 59.1 Å². The van der Waals surface area contributed by atoms with Gasteiger partial charge in [-0.25, -0.2) is 0 Å². The fourth-order valence-corrected chi connectivity index (χ4v) is 8.97. The Morgan fingerprint density at radius 2 is 0.387 bits per heavy atom. The van der Waals surface area contributed by atoms with Crippen molar-refractivity contribution in [3.8, 4) is 69.0 Å². The van der Waals surface area contributed by atoms with Gasteiger partial charge in [0, 0.05) is 12.8 Å². The molecule has 0 amide bonds. The van der Waals surface area contributed by atoms with Crippen molar-refractivity contribution in [1.82, 2.24) is 0 Å². The van der Waals surface area contributed by atoms with E-state index in [9.17, 15) is 30.6 Å². The number of phenols is 6. The molecule has 8 aliphatic heterocycles. The standard InChI is InChI=1S/C50H46O12/c51-39-15-27-10-34-22-46-42(54)18-30(34)14-38-26-50-43(55)19-31(38)11-35(27)23-47(39)59-5-1-3-57-45-21-33-9-28-16-40(52)48(60-6-2-4-58-46)24-36(28)12-32-20-44(56)49(61-7-8-62-50)25-37(32)13-29(33)17-41(45)53/h15-26,51-56H,1-14H2. The minimum absolute atomic E-state index is 0.0244. The Labute approximate surface area is 357 Å². The first-order valence-corrected chi connectivity index (χ1v) is 21.0. The van der Waals surface area contributed by atoms with E-state index in [2.05, 4.69) is 0 Å². The fraction of sp³-hybridized carbons (Fsp3) is 0.280. The zero-order valence-electron chi connectivity index (χ0n) is 34.0. The number of ether oxygens (including phenoxy) is 6. The Kier molecular flexibility index (Phi) is 10.1. The molecule has 6 aromatic carbocycles. The van der Waals surface area contributed by atoms with E-state index in [0.29, 0.717) is 74.4 Å². The van der Waals surface area contributed by atoms with E-state index in [4.69, 9.17) is 28.4 Å². The Morgan fingerprint density at radius 3 is 0.581 bits per heavy atom. The Morgan fingerprint density at radius 1 is 0.226 bits per heavy atom. The summed E-state index contributed by atoms with van der Waals surface area (Å²) >= 11 is 0. The summed E-state index contributed by atoms with van der Waals surface area (Å²) in [5, 5.41) is 67.9. The predicted molar refractivity (Wildman–Crippen MR) is 228 cm³/mol. The molecule has 0 saturated heterocycles. The van der Waals surface area contributed by atoms with Gasteiger partial charge >= 0.3 is 0 Å². The average molecular weight is 839 g/mol. The first-order valence-electron chi connectivity index (χ1n) is 21.0. The predicted octanol–water partition coefficient (Wildman–Crippen LogP) is 7.87. The second-order valence-corrected chi connectivity index (χ2v) is 16.4. The molecule has 0 spiro atoms. The van der Waals surface area contributed by atoms with Gasteiger partial charge in [-0.2, -0.15) is 0 Å². The summed E-state index contributed by atoms with van der Waals surface area (Å²) in [7, 11) is 0. The molecule has 16 rings (SSSR count). The van der Waals surface area contributed by atoms with Crippen LogP contribution in [0.1, 0.15) is 79.6 Å². The molecule has 2 aliphatic carbocycles. The summed E-state index contributed by atoms with van der Waals surface area (Å²) in [5.74, 6) is 1.51. The van der Waals surface area contributed by atoms with Crippen LogP contribution in [0, 0.1) is 0 Å². The normalized spacial score (nSPS) is 15.7. The van der Waals surface area contributed by atoms with Crippen LogP contribution in [0.2, 0.25) is 0 Å². The first kappa shape index (κ1) is 39.1. The maximum Gasteiger partial charge on any atom is 0.161 e. The van der Waals surface area contributed by atoms with Gasteiger partial charge in [-0.05, 0) is 178 Å². The van der Waals surface area contributed by atoms with Gasteiger partial charge in [0.2, 0.25) is 0 Å². The molecule has 12 nitrogen and oxygen atoms in total. The first-order chi connectivity index (χ1) is 30.1. The third kappa shape index (κ3) is 7.72. The van der Waals surface area contributed by atoms with E-state index in [1.807, 2.05) is 36.4 Å². The van der Waals surface area contributed by atoms with Crippen molar-refractivity contribution in [2.75, 3.05) is 39.6 Å². The molecule has 0 saturated carbocycles. The number of rotatable bonds is 0. The Bertz CT molecular complexity index is 2550. The van der Waals surface area contributed by atoms with Crippen LogP contribution in [-0.4, -0.2) is 70.3 Å². The van der Waals surface area contributed by atoms with Crippen molar-refractivity contribution >= 4 is 0 Å². The quantitative estimate of drug-likeness (QED) is 0.0873. The van der Waals surface area contributed by atoms with Crippen molar-refractivity contribution in [2.45, 2.75) is 51.4 Å². The summed E-state index contributed by atoms with van der Waals surface area (Å²) < 4.78 is 37.0. The molecule has 6 N–H and O–H groups in total. The van der Waals surface area contributed by atoms with Crippen LogP contribution in [0.5, 0.6) is 69.0 Å². The zero-order chi connectivity index (χ0) is 42.5. The van der Waals surface area contributed by atoms with Crippen LogP contribution in [-0.2, 0) is 38.5 Å². The minimum atomic E-state index is -0.0554. The van der Waals surface area contributed by atoms with Crippen LogP contribution in [0.25, 0.3) is 0 Å². The molecule has 0 aromatic heterocycles. The largest absolute Gasteiger partial charge is 0.504 e. The molecule has 0 unspecified atom stereocenters. The highest BCUT2D eigenvalue weighted by Gasteiger charge is 2.25. The lowest BCUT2D eigenvalue weighted by Gasteiger charge is -2.18. The molecule has 8 heterocycles. The second kappa shape index (κ2) is 16.1. The molecule has 0 fully saturated rings. The van der Waals surface area contributed by atoms with Gasteiger partial charge in [-0.15, -0.1) is 0 Å². The minimum Gasteiger partial charge on any atom is -0.504 e. The summed E-state index contributed by atoms with van der Waals surface area (Å²) in [4.78, 5) is 0. The van der Waals surface area contributed by atoms with Gasteiger partial charge in [0.25, 0.3) is 0 Å². The Balaban J connectivity index is 1.14. The van der Waals surface area contributed by atoms with Gasteiger partial charge in [-0.3, -0.25) is 0 Å². The van der Waals surface area contributed by atoms with Gasteiger partial charge in [-0.1, -0.05) is 0 Å². The van der Waals surface area contributed by atoms with E-state index >= 15 is 0 Å². The van der Waals surface area contributed by atoms with Crippen LogP contribution in [0.4, 0.5) is 0 Å². The van der Waals surface area contributed by atoms with E-state index in [1.165, 1.54) is 0 Å². The number of phenolic OH excluding ortho intramolecular Hbond substituents is 6. The zero-order valence-corrected chi connectivity index (χ0v) is 34.0. The van der Waals surface area contributed by atoms with Crippen molar-refractivity contribution in [3.05, 3.63) is 140 Å². The lowest BCUT2D eigenvalue weighted by atomic mass is 9.94. The van der Waals surface area contributed by atoms with Crippen LogP contribution in [0.3, 0.4) is 0 Å². The van der Waals surface area contributed by atoms with Crippen molar-refractivity contribution in [2.24, 2.45) is 0 Å². The van der Waals surface area contributed by atoms with Crippen LogP contribution in [0.15, 0.2) is 72.8 Å². The highest BCUT2D eigenvalue weighted by Crippen LogP contribution is 2.43. The lowest BCUT2D eigenvalue weighted by Crippen LogP contribution is -2.10. The maximum absolute atomic E-state index is 11.3. The molecule has 12 heteroatoms. The molecule has 62 heavy (non-hydrogen) atoms. The van der Waals surface area contributed by atoms with Gasteiger partial charge in [0.05, 0.1) is 26.4 Å². The third-order valence-electron chi connectivity index (χ3n) is 12.2.